The minimum absolute atomic E-state index is 0.180. The van der Waals surface area contributed by atoms with Gasteiger partial charge in [-0.3, -0.25) is 14.6 Å². The van der Waals surface area contributed by atoms with Gasteiger partial charge in [-0.1, -0.05) is 30.3 Å². The summed E-state index contributed by atoms with van der Waals surface area (Å²) in [6, 6.07) is 23.1. The first-order valence-electron chi connectivity index (χ1n) is 15.2. The van der Waals surface area contributed by atoms with Gasteiger partial charge in [0.25, 0.3) is 11.5 Å². The number of benzene rings is 3. The number of hydrogen-bond donors (Lipinski definition) is 2. The molecule has 1 atom stereocenters. The number of aromatic nitrogens is 2. The zero-order chi connectivity index (χ0) is 30.6. The number of nitrogens with zero attached hydrogens (tertiary/aromatic N) is 5. The molecule has 0 aliphatic carbocycles. The Morgan fingerprint density at radius 1 is 0.977 bits per heavy atom. The average Bonchev–Trinajstić information content (AvgIpc) is 3.06. The van der Waals surface area contributed by atoms with E-state index in [1.807, 2.05) is 84.7 Å². The zero-order valence-corrected chi connectivity index (χ0v) is 25.3. The zero-order valence-electron chi connectivity index (χ0n) is 25.3. The summed E-state index contributed by atoms with van der Waals surface area (Å²) in [6.07, 6.45) is 4.96. The van der Waals surface area contributed by atoms with Crippen LogP contribution in [0.1, 0.15) is 35.2 Å². The van der Waals surface area contributed by atoms with E-state index in [2.05, 4.69) is 10.2 Å². The van der Waals surface area contributed by atoms with Crippen LogP contribution in [0.15, 0.2) is 83.8 Å². The molecule has 10 heteroatoms. The molecule has 2 fully saturated rings. The minimum atomic E-state index is -0.451. The van der Waals surface area contributed by atoms with Crippen LogP contribution in [-0.2, 0) is 11.8 Å². The number of morpholine rings is 1. The van der Waals surface area contributed by atoms with Crippen LogP contribution in [0.3, 0.4) is 0 Å². The van der Waals surface area contributed by atoms with Gasteiger partial charge in [0.05, 0.1) is 24.6 Å². The second-order valence-electron chi connectivity index (χ2n) is 11.3. The molecule has 2 aliphatic heterocycles. The summed E-state index contributed by atoms with van der Waals surface area (Å²) < 4.78 is 7.11. The molecular weight excluding hydrogens is 554 g/mol. The van der Waals surface area contributed by atoms with Crippen LogP contribution in [0.5, 0.6) is 0 Å². The van der Waals surface area contributed by atoms with Gasteiger partial charge in [-0.05, 0) is 74.2 Å². The third kappa shape index (κ3) is 6.10. The number of para-hydroxylation sites is 1. The molecular formula is C34H39N7O3. The molecule has 0 saturated carbocycles. The molecule has 2 aliphatic rings. The molecule has 3 N–H and O–H groups in total. The number of carbonyl (C=O) groups is 1. The molecule has 0 radical (unpaired) electrons. The Balaban J connectivity index is 1.31. The third-order valence-corrected chi connectivity index (χ3v) is 8.36. The van der Waals surface area contributed by atoms with Crippen molar-refractivity contribution in [1.29, 1.82) is 0 Å². The van der Waals surface area contributed by atoms with Crippen molar-refractivity contribution in [3.8, 4) is 11.3 Å². The molecule has 2 saturated heterocycles. The van der Waals surface area contributed by atoms with Gasteiger partial charge < -0.3 is 25.3 Å². The van der Waals surface area contributed by atoms with Crippen molar-refractivity contribution >= 4 is 28.8 Å². The van der Waals surface area contributed by atoms with Crippen LogP contribution in [0, 0.1) is 6.92 Å². The molecule has 4 aromatic rings. The van der Waals surface area contributed by atoms with E-state index < -0.39 is 6.17 Å². The maximum absolute atomic E-state index is 13.6. The maximum Gasteiger partial charge on any atom is 0.295 e. The maximum atomic E-state index is 13.6. The summed E-state index contributed by atoms with van der Waals surface area (Å²) in [5.74, 6) is 0.0531. The Bertz CT molecular complexity index is 1670. The average molecular weight is 594 g/mol. The smallest absolute Gasteiger partial charge is 0.295 e. The van der Waals surface area contributed by atoms with Gasteiger partial charge >= 0.3 is 0 Å². The predicted molar refractivity (Wildman–Crippen MR) is 174 cm³/mol. The Hall–Kier alpha value is -4.51. The molecule has 44 heavy (non-hydrogen) atoms. The van der Waals surface area contributed by atoms with Crippen molar-refractivity contribution in [3.05, 3.63) is 100 Å². The molecule has 1 amide bonds. The van der Waals surface area contributed by atoms with E-state index in [1.165, 1.54) is 23.8 Å². The second kappa shape index (κ2) is 13.0. The monoisotopic (exact) mass is 593 g/mol. The number of rotatable bonds is 7. The number of nitrogens with one attached hydrogen (secondary N) is 1. The number of amides is 1. The van der Waals surface area contributed by atoms with Gasteiger partial charge in [-0.25, -0.2) is 4.98 Å². The predicted octanol–water partition coefficient (Wildman–Crippen LogP) is 4.67. The number of ether oxygens (including phenoxy) is 1. The highest BCUT2D eigenvalue weighted by Crippen LogP contribution is 2.31. The highest BCUT2D eigenvalue weighted by Gasteiger charge is 2.30. The molecule has 0 bridgehead atoms. The number of hydrazine groups is 1. The highest BCUT2D eigenvalue weighted by atomic mass is 16.5. The number of anilines is 4. The SMILES string of the molecule is Cc1c(NC(=O)c2ccc(N3CCCCC3)cc2)cccc1-c1cn(C)c(=O)c(N(c2ccccc2)N2CCOCC2N)n1. The molecule has 6 rings (SSSR count). The Morgan fingerprint density at radius 2 is 1.73 bits per heavy atom. The van der Waals surface area contributed by atoms with Crippen LogP contribution in [-0.4, -0.2) is 59.5 Å². The molecule has 10 nitrogen and oxygen atoms in total. The van der Waals surface area contributed by atoms with Crippen molar-refractivity contribution < 1.29 is 9.53 Å². The quantitative estimate of drug-likeness (QED) is 0.318. The van der Waals surface area contributed by atoms with Gasteiger partial charge in [0, 0.05) is 55.4 Å². The van der Waals surface area contributed by atoms with Gasteiger partial charge in [-0.15, -0.1) is 0 Å². The lowest BCUT2D eigenvalue weighted by atomic mass is 10.0. The number of nitrogens with two attached hydrogens (primary N) is 1. The summed E-state index contributed by atoms with van der Waals surface area (Å²) in [7, 11) is 1.72. The van der Waals surface area contributed by atoms with E-state index in [0.29, 0.717) is 36.7 Å². The topological polar surface area (TPSA) is 109 Å². The Labute approximate surface area is 257 Å². The summed E-state index contributed by atoms with van der Waals surface area (Å²) in [4.78, 5) is 34.2. The van der Waals surface area contributed by atoms with Crippen molar-refractivity contribution in [2.45, 2.75) is 32.4 Å². The first-order valence-corrected chi connectivity index (χ1v) is 15.2. The summed E-state index contributed by atoms with van der Waals surface area (Å²) >= 11 is 0. The van der Waals surface area contributed by atoms with Gasteiger partial charge in [-0.2, -0.15) is 5.01 Å². The van der Waals surface area contributed by atoms with Crippen LogP contribution < -0.4 is 26.5 Å². The number of aryl methyl sites for hydroxylation is 1. The highest BCUT2D eigenvalue weighted by molar-refractivity contribution is 6.05. The number of carbonyl (C=O) groups excluding carboxylic acids is 1. The lowest BCUT2D eigenvalue weighted by Crippen LogP contribution is -2.58. The first kappa shape index (κ1) is 29.6. The van der Waals surface area contributed by atoms with Crippen molar-refractivity contribution in [2.75, 3.05) is 48.1 Å². The fourth-order valence-electron chi connectivity index (χ4n) is 5.90. The minimum Gasteiger partial charge on any atom is -0.377 e. The fourth-order valence-corrected chi connectivity index (χ4v) is 5.90. The van der Waals surface area contributed by atoms with Crippen LogP contribution in [0.25, 0.3) is 11.3 Å². The largest absolute Gasteiger partial charge is 0.377 e. The Kier molecular flexibility index (Phi) is 8.74. The first-order chi connectivity index (χ1) is 21.4. The molecule has 1 aromatic heterocycles. The van der Waals surface area contributed by atoms with Crippen molar-refractivity contribution in [2.24, 2.45) is 12.8 Å². The lowest BCUT2D eigenvalue weighted by Gasteiger charge is -2.41. The van der Waals surface area contributed by atoms with E-state index in [-0.39, 0.29) is 17.3 Å². The summed E-state index contributed by atoms with van der Waals surface area (Å²) in [5.41, 5.74) is 11.7. The van der Waals surface area contributed by atoms with E-state index in [1.54, 1.807) is 18.3 Å². The number of hydrogen-bond acceptors (Lipinski definition) is 8. The molecule has 0 spiro atoms. The molecule has 1 unspecified atom stereocenters. The van der Waals surface area contributed by atoms with E-state index in [9.17, 15) is 9.59 Å². The van der Waals surface area contributed by atoms with E-state index in [4.69, 9.17) is 15.5 Å². The summed E-state index contributed by atoms with van der Waals surface area (Å²) in [6.45, 7) is 5.39. The fraction of sp³-hybridized carbons (Fsp3) is 0.324. The standard InChI is InChI=1S/C34H39N7O3/c1-24-28(12-9-13-29(24)37-33(42)25-14-16-26(17-15-25)39-18-7-4-8-19-39)30-22-38(2)34(43)32(36-30)41(27-10-5-3-6-11-27)40-20-21-44-23-31(40)35/h3,5-6,9-17,22,31H,4,7-8,18-21,23,35H2,1-2H3,(H,37,42). The van der Waals surface area contributed by atoms with E-state index >= 15 is 0 Å². The van der Waals surface area contributed by atoms with Gasteiger partial charge in [0.1, 0.15) is 6.17 Å². The summed E-state index contributed by atoms with van der Waals surface area (Å²) in [5, 5.41) is 6.81. The van der Waals surface area contributed by atoms with Crippen LogP contribution in [0.4, 0.5) is 22.9 Å². The normalized spacial score (nSPS) is 17.3. The van der Waals surface area contributed by atoms with E-state index in [0.717, 1.165) is 35.6 Å². The van der Waals surface area contributed by atoms with Gasteiger partial charge in [0.15, 0.2) is 0 Å². The van der Waals surface area contributed by atoms with Crippen molar-refractivity contribution in [3.63, 3.8) is 0 Å². The Morgan fingerprint density at radius 3 is 2.45 bits per heavy atom. The van der Waals surface area contributed by atoms with Crippen LogP contribution in [0.2, 0.25) is 0 Å². The molecule has 3 heterocycles. The molecule has 3 aromatic carbocycles. The van der Waals surface area contributed by atoms with Gasteiger partial charge in [0.2, 0.25) is 5.82 Å². The second-order valence-corrected chi connectivity index (χ2v) is 11.3. The number of piperidine rings is 1. The molecule has 228 valence electrons. The van der Waals surface area contributed by atoms with Crippen LogP contribution >= 0.6 is 0 Å². The lowest BCUT2D eigenvalue weighted by molar-refractivity contribution is -0.00549. The van der Waals surface area contributed by atoms with Crippen molar-refractivity contribution in [1.82, 2.24) is 14.6 Å². The third-order valence-electron chi connectivity index (χ3n) is 8.36.